The van der Waals surface area contributed by atoms with Gasteiger partial charge in [0.15, 0.2) is 5.13 Å². The molecule has 0 aliphatic heterocycles. The number of anilines is 1. The van der Waals surface area contributed by atoms with E-state index < -0.39 is 0 Å². The molecule has 0 aliphatic carbocycles. The van der Waals surface area contributed by atoms with E-state index >= 15 is 0 Å². The lowest BCUT2D eigenvalue weighted by atomic mass is 10.1. The van der Waals surface area contributed by atoms with Crippen LogP contribution in [0.4, 0.5) is 5.13 Å². The Labute approximate surface area is 124 Å². The molecule has 0 fully saturated rings. The van der Waals surface area contributed by atoms with Gasteiger partial charge >= 0.3 is 0 Å². The van der Waals surface area contributed by atoms with E-state index in [1.807, 2.05) is 24.5 Å². The molecule has 0 atom stereocenters. The molecular weight excluding hydrogens is 268 g/mol. The van der Waals surface area contributed by atoms with Crippen LogP contribution in [0.1, 0.15) is 42.8 Å². The maximum atomic E-state index is 5.84. The standard InChI is InChI=1S/C15H22N4S/c1-4-19(10-12-5-7-17-8-6-12)15-18-14(11(2)3)13(9-16)20-15/h5-8,11H,4,9-10,16H2,1-3H3. The van der Waals surface area contributed by atoms with Gasteiger partial charge < -0.3 is 10.6 Å². The molecule has 0 saturated carbocycles. The summed E-state index contributed by atoms with van der Waals surface area (Å²) in [6.45, 7) is 8.83. The fraction of sp³-hybridized carbons (Fsp3) is 0.467. The molecule has 2 rings (SSSR count). The minimum Gasteiger partial charge on any atom is -0.344 e. The summed E-state index contributed by atoms with van der Waals surface area (Å²) in [6.07, 6.45) is 3.66. The molecule has 0 amide bonds. The molecule has 0 bridgehead atoms. The van der Waals surface area contributed by atoms with E-state index in [2.05, 4.69) is 30.7 Å². The minimum atomic E-state index is 0.415. The van der Waals surface area contributed by atoms with Gasteiger partial charge in [0.2, 0.25) is 0 Å². The lowest BCUT2D eigenvalue weighted by Crippen LogP contribution is -2.21. The van der Waals surface area contributed by atoms with Crippen molar-refractivity contribution in [3.8, 4) is 0 Å². The van der Waals surface area contributed by atoms with Crippen molar-refractivity contribution in [2.75, 3.05) is 11.4 Å². The summed E-state index contributed by atoms with van der Waals surface area (Å²) in [5.41, 5.74) is 8.23. The highest BCUT2D eigenvalue weighted by atomic mass is 32.1. The summed E-state index contributed by atoms with van der Waals surface area (Å²) >= 11 is 1.71. The Morgan fingerprint density at radius 2 is 2.00 bits per heavy atom. The summed E-state index contributed by atoms with van der Waals surface area (Å²) in [6, 6.07) is 4.09. The van der Waals surface area contributed by atoms with Crippen molar-refractivity contribution in [2.24, 2.45) is 5.73 Å². The second kappa shape index (κ2) is 6.81. The third-order valence-corrected chi connectivity index (χ3v) is 4.38. The van der Waals surface area contributed by atoms with Gasteiger partial charge in [0.25, 0.3) is 0 Å². The van der Waals surface area contributed by atoms with Gasteiger partial charge in [0.1, 0.15) is 0 Å². The normalized spacial score (nSPS) is 11.1. The number of thiazole rings is 1. The maximum Gasteiger partial charge on any atom is 0.186 e. The molecule has 2 N–H and O–H groups in total. The molecule has 108 valence electrons. The first kappa shape index (κ1) is 14.9. The number of aromatic nitrogens is 2. The summed E-state index contributed by atoms with van der Waals surface area (Å²) in [5.74, 6) is 0.415. The zero-order valence-corrected chi connectivity index (χ0v) is 13.2. The first-order chi connectivity index (χ1) is 9.65. The van der Waals surface area contributed by atoms with Gasteiger partial charge in [0, 0.05) is 36.9 Å². The van der Waals surface area contributed by atoms with Gasteiger partial charge in [-0.25, -0.2) is 4.98 Å². The molecule has 5 heteroatoms. The van der Waals surface area contributed by atoms with E-state index in [1.165, 1.54) is 10.4 Å². The third kappa shape index (κ3) is 3.35. The van der Waals surface area contributed by atoms with E-state index in [0.29, 0.717) is 12.5 Å². The molecule has 20 heavy (non-hydrogen) atoms. The van der Waals surface area contributed by atoms with Crippen LogP contribution >= 0.6 is 11.3 Å². The fourth-order valence-corrected chi connectivity index (χ4v) is 3.26. The Balaban J connectivity index is 2.23. The highest BCUT2D eigenvalue weighted by Gasteiger charge is 2.16. The molecule has 0 unspecified atom stereocenters. The van der Waals surface area contributed by atoms with Crippen molar-refractivity contribution < 1.29 is 0 Å². The average Bonchev–Trinajstić information content (AvgIpc) is 2.90. The SMILES string of the molecule is CCN(Cc1ccncc1)c1nc(C(C)C)c(CN)s1. The largest absolute Gasteiger partial charge is 0.344 e. The highest BCUT2D eigenvalue weighted by molar-refractivity contribution is 7.15. The Bertz CT molecular complexity index is 536. The molecule has 4 nitrogen and oxygen atoms in total. The Morgan fingerprint density at radius 1 is 1.30 bits per heavy atom. The number of rotatable bonds is 6. The molecule has 2 aromatic heterocycles. The van der Waals surface area contributed by atoms with Crippen molar-refractivity contribution in [3.63, 3.8) is 0 Å². The first-order valence-electron chi connectivity index (χ1n) is 6.99. The smallest absolute Gasteiger partial charge is 0.186 e. The van der Waals surface area contributed by atoms with Gasteiger partial charge in [-0.2, -0.15) is 0 Å². The van der Waals surface area contributed by atoms with Gasteiger partial charge in [-0.3, -0.25) is 4.98 Å². The Morgan fingerprint density at radius 3 is 2.50 bits per heavy atom. The predicted octanol–water partition coefficient (Wildman–Crippen LogP) is 3.15. The zero-order chi connectivity index (χ0) is 14.5. The van der Waals surface area contributed by atoms with Gasteiger partial charge in [0.05, 0.1) is 5.69 Å². The van der Waals surface area contributed by atoms with Crippen molar-refractivity contribution in [2.45, 2.75) is 39.8 Å². The fourth-order valence-electron chi connectivity index (χ4n) is 2.11. The van der Waals surface area contributed by atoms with Crippen LogP contribution in [0.15, 0.2) is 24.5 Å². The molecular formula is C15H22N4S. The molecule has 2 heterocycles. The van der Waals surface area contributed by atoms with Gasteiger partial charge in [-0.1, -0.05) is 13.8 Å². The van der Waals surface area contributed by atoms with Crippen molar-refractivity contribution in [3.05, 3.63) is 40.7 Å². The van der Waals surface area contributed by atoms with Crippen LogP contribution in [0.3, 0.4) is 0 Å². The van der Waals surface area contributed by atoms with Crippen molar-refractivity contribution in [1.29, 1.82) is 0 Å². The molecule has 0 saturated heterocycles. The predicted molar refractivity (Wildman–Crippen MR) is 85.1 cm³/mol. The van der Waals surface area contributed by atoms with E-state index in [-0.39, 0.29) is 0 Å². The van der Waals surface area contributed by atoms with Crippen LogP contribution in [0.25, 0.3) is 0 Å². The number of hydrogen-bond donors (Lipinski definition) is 1. The first-order valence-corrected chi connectivity index (χ1v) is 7.80. The summed E-state index contributed by atoms with van der Waals surface area (Å²) in [7, 11) is 0. The minimum absolute atomic E-state index is 0.415. The summed E-state index contributed by atoms with van der Waals surface area (Å²) in [4.78, 5) is 12.3. The van der Waals surface area contributed by atoms with Crippen LogP contribution in [-0.2, 0) is 13.1 Å². The second-order valence-electron chi connectivity index (χ2n) is 5.03. The van der Waals surface area contributed by atoms with Crippen LogP contribution in [0, 0.1) is 0 Å². The van der Waals surface area contributed by atoms with E-state index in [9.17, 15) is 0 Å². The zero-order valence-electron chi connectivity index (χ0n) is 12.3. The van der Waals surface area contributed by atoms with E-state index in [4.69, 9.17) is 10.7 Å². The Kier molecular flexibility index (Phi) is 5.09. The summed E-state index contributed by atoms with van der Waals surface area (Å²) in [5, 5.41) is 1.06. The molecule has 0 spiro atoms. The topological polar surface area (TPSA) is 55.0 Å². The Hall–Kier alpha value is -1.46. The van der Waals surface area contributed by atoms with Crippen LogP contribution < -0.4 is 10.6 Å². The van der Waals surface area contributed by atoms with Crippen LogP contribution in [0.2, 0.25) is 0 Å². The van der Waals surface area contributed by atoms with Gasteiger partial charge in [-0.05, 0) is 30.5 Å². The van der Waals surface area contributed by atoms with E-state index in [0.717, 1.165) is 23.9 Å². The molecule has 0 aliphatic rings. The van der Waals surface area contributed by atoms with Crippen molar-refractivity contribution >= 4 is 16.5 Å². The van der Waals surface area contributed by atoms with E-state index in [1.54, 1.807) is 11.3 Å². The lowest BCUT2D eigenvalue weighted by Gasteiger charge is -2.19. The van der Waals surface area contributed by atoms with Crippen LogP contribution in [-0.4, -0.2) is 16.5 Å². The maximum absolute atomic E-state index is 5.84. The lowest BCUT2D eigenvalue weighted by molar-refractivity contribution is 0.787. The summed E-state index contributed by atoms with van der Waals surface area (Å²) < 4.78 is 0. The quantitative estimate of drug-likeness (QED) is 0.888. The number of hydrogen-bond acceptors (Lipinski definition) is 5. The monoisotopic (exact) mass is 290 g/mol. The average molecular weight is 290 g/mol. The number of nitrogens with zero attached hydrogens (tertiary/aromatic N) is 3. The molecule has 2 aromatic rings. The molecule has 0 radical (unpaired) electrons. The van der Waals surface area contributed by atoms with Gasteiger partial charge in [-0.15, -0.1) is 11.3 Å². The van der Waals surface area contributed by atoms with Crippen molar-refractivity contribution in [1.82, 2.24) is 9.97 Å². The highest BCUT2D eigenvalue weighted by Crippen LogP contribution is 2.31. The second-order valence-corrected chi connectivity index (χ2v) is 6.10. The number of pyridine rings is 1. The molecule has 0 aromatic carbocycles. The third-order valence-electron chi connectivity index (χ3n) is 3.22. The number of nitrogens with two attached hydrogens (primary N) is 1. The van der Waals surface area contributed by atoms with Crippen LogP contribution in [0.5, 0.6) is 0 Å².